The maximum atomic E-state index is 12.8. The molecule has 0 aliphatic carbocycles. The van der Waals surface area contributed by atoms with Gasteiger partial charge >= 0.3 is 5.97 Å². The van der Waals surface area contributed by atoms with Gasteiger partial charge in [0.05, 0.1) is 25.8 Å². The number of nitrogens with zero attached hydrogens (tertiary/aromatic N) is 2. The number of anilines is 1. The van der Waals surface area contributed by atoms with E-state index in [1.165, 1.54) is 0 Å². The van der Waals surface area contributed by atoms with Crippen molar-refractivity contribution in [1.29, 1.82) is 0 Å². The zero-order chi connectivity index (χ0) is 22.8. The maximum absolute atomic E-state index is 12.8. The number of nitrogens with one attached hydrogen (secondary N) is 2. The predicted molar refractivity (Wildman–Crippen MR) is 122 cm³/mol. The van der Waals surface area contributed by atoms with Gasteiger partial charge in [-0.15, -0.1) is 0 Å². The average molecular weight is 432 g/mol. The van der Waals surface area contributed by atoms with Crippen molar-refractivity contribution >= 4 is 23.5 Å². The van der Waals surface area contributed by atoms with E-state index >= 15 is 0 Å². The lowest BCUT2D eigenvalue weighted by molar-refractivity contribution is 0.0526. The third-order valence-corrected chi connectivity index (χ3v) is 4.39. The van der Waals surface area contributed by atoms with E-state index < -0.39 is 5.97 Å². The number of carbonyl (C=O) groups excluding carboxylic acids is 2. The molecule has 0 saturated carbocycles. The fourth-order valence-corrected chi connectivity index (χ4v) is 2.75. The summed E-state index contributed by atoms with van der Waals surface area (Å²) in [4.78, 5) is 33.1. The molecule has 1 amide bonds. The van der Waals surface area contributed by atoms with Crippen molar-refractivity contribution in [3.8, 4) is 5.75 Å². The zero-order valence-electron chi connectivity index (χ0n) is 17.9. The smallest absolute Gasteiger partial charge is 0.338 e. The van der Waals surface area contributed by atoms with E-state index in [2.05, 4.69) is 20.6 Å². The van der Waals surface area contributed by atoms with Crippen LogP contribution in [0.3, 0.4) is 0 Å². The average Bonchev–Trinajstić information content (AvgIpc) is 2.83. The molecule has 0 spiro atoms. The van der Waals surface area contributed by atoms with Gasteiger partial charge in [0.25, 0.3) is 5.91 Å². The Morgan fingerprint density at radius 2 is 1.75 bits per heavy atom. The van der Waals surface area contributed by atoms with Gasteiger partial charge in [-0.1, -0.05) is 6.07 Å². The van der Waals surface area contributed by atoms with Crippen LogP contribution in [-0.4, -0.2) is 36.5 Å². The number of hydrogen-bond donors (Lipinski definition) is 2. The number of methoxy groups -OCH3 is 1. The fourth-order valence-electron chi connectivity index (χ4n) is 2.75. The van der Waals surface area contributed by atoms with Gasteiger partial charge in [-0.25, -0.2) is 9.79 Å². The van der Waals surface area contributed by atoms with E-state index in [9.17, 15) is 9.59 Å². The number of ether oxygens (including phenoxy) is 2. The van der Waals surface area contributed by atoms with E-state index in [-0.39, 0.29) is 11.9 Å². The lowest BCUT2D eigenvalue weighted by atomic mass is 10.2. The number of carbonyl (C=O) groups is 2. The Kier molecular flexibility index (Phi) is 7.91. The third kappa shape index (κ3) is 6.40. The van der Waals surface area contributed by atoms with E-state index in [1.807, 2.05) is 12.1 Å². The molecule has 0 atom stereocenters. The Balaban J connectivity index is 1.78. The summed E-state index contributed by atoms with van der Waals surface area (Å²) in [6, 6.07) is 17.2. The second-order valence-corrected chi connectivity index (χ2v) is 6.63. The second-order valence-electron chi connectivity index (χ2n) is 6.63. The number of hydrogen-bond acceptors (Lipinski definition) is 6. The number of esters is 1. The van der Waals surface area contributed by atoms with Crippen LogP contribution in [-0.2, 0) is 11.3 Å². The first-order valence-electron chi connectivity index (χ1n) is 10.0. The minimum atomic E-state index is -0.392. The lowest BCUT2D eigenvalue weighted by Crippen LogP contribution is -2.36. The van der Waals surface area contributed by atoms with Gasteiger partial charge in [0.2, 0.25) is 5.96 Å². The van der Waals surface area contributed by atoms with Crippen LogP contribution in [0.15, 0.2) is 78.0 Å². The predicted octanol–water partition coefficient (Wildman–Crippen LogP) is 3.67. The fraction of sp³-hybridized carbons (Fsp3) is 0.167. The van der Waals surface area contributed by atoms with E-state index in [0.29, 0.717) is 35.7 Å². The first-order valence-corrected chi connectivity index (χ1v) is 10.0. The Morgan fingerprint density at radius 1 is 1.00 bits per heavy atom. The first-order chi connectivity index (χ1) is 15.6. The molecule has 32 heavy (non-hydrogen) atoms. The van der Waals surface area contributed by atoms with Crippen LogP contribution in [0.4, 0.5) is 5.69 Å². The molecule has 0 fully saturated rings. The molecular formula is C24H24N4O4. The topological polar surface area (TPSA) is 102 Å². The normalized spacial score (nSPS) is 10.9. The Labute approximate surface area is 186 Å². The molecule has 0 bridgehead atoms. The van der Waals surface area contributed by atoms with E-state index in [1.54, 1.807) is 75.0 Å². The molecule has 0 aliphatic rings. The molecule has 2 N–H and O–H groups in total. The van der Waals surface area contributed by atoms with Crippen molar-refractivity contribution in [2.75, 3.05) is 19.0 Å². The van der Waals surface area contributed by atoms with Gasteiger partial charge in [-0.3, -0.25) is 15.1 Å². The highest BCUT2D eigenvalue weighted by Gasteiger charge is 2.11. The molecule has 0 radical (unpaired) electrons. The third-order valence-electron chi connectivity index (χ3n) is 4.39. The zero-order valence-corrected chi connectivity index (χ0v) is 17.9. The van der Waals surface area contributed by atoms with Crippen LogP contribution in [0.5, 0.6) is 5.75 Å². The number of amides is 1. The highest BCUT2D eigenvalue weighted by atomic mass is 16.5. The van der Waals surface area contributed by atoms with Gasteiger partial charge in [-0.2, -0.15) is 0 Å². The molecule has 3 aromatic rings. The summed E-state index contributed by atoms with van der Waals surface area (Å²) < 4.78 is 10.2. The van der Waals surface area contributed by atoms with Crippen molar-refractivity contribution in [1.82, 2.24) is 10.3 Å². The van der Waals surface area contributed by atoms with Gasteiger partial charge in [0.15, 0.2) is 0 Å². The summed E-state index contributed by atoms with van der Waals surface area (Å²) in [5.74, 6) is 0.110. The van der Waals surface area contributed by atoms with Crippen molar-refractivity contribution < 1.29 is 19.1 Å². The van der Waals surface area contributed by atoms with E-state index in [4.69, 9.17) is 9.47 Å². The van der Waals surface area contributed by atoms with Gasteiger partial charge in [0, 0.05) is 23.6 Å². The number of rotatable bonds is 7. The molecule has 0 saturated heterocycles. The molecular weight excluding hydrogens is 408 g/mol. The minimum Gasteiger partial charge on any atom is -0.497 e. The van der Waals surface area contributed by atoms with Crippen LogP contribution < -0.4 is 15.4 Å². The van der Waals surface area contributed by atoms with Gasteiger partial charge in [-0.05, 0) is 67.1 Å². The van der Waals surface area contributed by atoms with Crippen LogP contribution in [0.25, 0.3) is 0 Å². The highest BCUT2D eigenvalue weighted by Crippen LogP contribution is 2.14. The molecule has 164 valence electrons. The standard InChI is InChI=1S/C24H24N4O4/c1-3-32-23(30)18-7-9-20(10-8-18)27-24(26-16-17-11-13-25-14-12-17)28-22(29)19-5-4-6-21(15-19)31-2/h4-15H,3,16H2,1-2H3,(H2,26,27,28,29). The Morgan fingerprint density at radius 3 is 2.44 bits per heavy atom. The van der Waals surface area contributed by atoms with Crippen LogP contribution in [0, 0.1) is 0 Å². The lowest BCUT2D eigenvalue weighted by Gasteiger charge is -2.13. The summed E-state index contributed by atoms with van der Waals surface area (Å²) >= 11 is 0. The monoisotopic (exact) mass is 432 g/mol. The van der Waals surface area contributed by atoms with Crippen molar-refractivity contribution in [3.05, 3.63) is 89.7 Å². The largest absolute Gasteiger partial charge is 0.497 e. The van der Waals surface area contributed by atoms with Crippen molar-refractivity contribution in [2.24, 2.45) is 4.99 Å². The SMILES string of the molecule is CCOC(=O)c1ccc(NC(=NCc2ccncc2)NC(=O)c2cccc(OC)c2)cc1. The summed E-state index contributed by atoms with van der Waals surface area (Å²) in [6.07, 6.45) is 3.36. The summed E-state index contributed by atoms with van der Waals surface area (Å²) in [6.45, 7) is 2.40. The molecule has 2 aromatic carbocycles. The van der Waals surface area contributed by atoms with Crippen LogP contribution in [0.1, 0.15) is 33.2 Å². The Hall–Kier alpha value is -4.20. The van der Waals surface area contributed by atoms with Gasteiger partial charge < -0.3 is 14.8 Å². The van der Waals surface area contributed by atoms with E-state index in [0.717, 1.165) is 5.56 Å². The number of benzene rings is 2. The van der Waals surface area contributed by atoms with Crippen molar-refractivity contribution in [2.45, 2.75) is 13.5 Å². The van der Waals surface area contributed by atoms with Gasteiger partial charge in [0.1, 0.15) is 5.75 Å². The van der Waals surface area contributed by atoms with Crippen LogP contribution in [0.2, 0.25) is 0 Å². The first kappa shape index (κ1) is 22.5. The molecule has 8 heteroatoms. The molecule has 1 heterocycles. The minimum absolute atomic E-state index is 0.263. The number of pyridine rings is 1. The molecule has 0 aliphatic heterocycles. The second kappa shape index (κ2) is 11.3. The maximum Gasteiger partial charge on any atom is 0.338 e. The molecule has 8 nitrogen and oxygen atoms in total. The van der Waals surface area contributed by atoms with Crippen LogP contribution >= 0.6 is 0 Å². The summed E-state index contributed by atoms with van der Waals surface area (Å²) in [5, 5.41) is 5.89. The molecule has 3 rings (SSSR count). The van der Waals surface area contributed by atoms with Crippen molar-refractivity contribution in [3.63, 3.8) is 0 Å². The molecule has 0 unspecified atom stereocenters. The number of aromatic nitrogens is 1. The number of aliphatic imine (C=N–C) groups is 1. The number of guanidine groups is 1. The quantitative estimate of drug-likeness (QED) is 0.336. The molecule has 1 aromatic heterocycles. The summed E-state index contributed by atoms with van der Waals surface area (Å²) in [7, 11) is 1.54. The summed E-state index contributed by atoms with van der Waals surface area (Å²) in [5.41, 5.74) is 2.46. The Bertz CT molecular complexity index is 1080. The highest BCUT2D eigenvalue weighted by molar-refractivity contribution is 6.10.